The smallest absolute Gasteiger partial charge is 0.0322 e. The van der Waals surface area contributed by atoms with E-state index in [1.54, 1.807) is 0 Å². The quantitative estimate of drug-likeness (QED) is 0.463. The molecule has 3 N–H and O–H groups in total. The van der Waals surface area contributed by atoms with Crippen molar-refractivity contribution in [1.29, 1.82) is 0 Å². The first kappa shape index (κ1) is 10.2. The van der Waals surface area contributed by atoms with E-state index >= 15 is 0 Å². The van der Waals surface area contributed by atoms with Crippen LogP contribution in [0.25, 0.3) is 0 Å². The van der Waals surface area contributed by atoms with E-state index in [2.05, 4.69) is 17.2 Å². The van der Waals surface area contributed by atoms with Gasteiger partial charge in [-0.2, -0.15) is 5.10 Å². The van der Waals surface area contributed by atoms with Crippen LogP contribution in [0.3, 0.4) is 0 Å². The van der Waals surface area contributed by atoms with E-state index in [0.717, 1.165) is 25.1 Å². The lowest BCUT2D eigenvalue weighted by molar-refractivity contribution is 0.734. The number of nitrogens with zero attached hydrogens (tertiary/aromatic N) is 1. The molecule has 3 heteroatoms. The molecule has 0 saturated carbocycles. The fourth-order valence-electron chi connectivity index (χ4n) is 0.792. The molecule has 0 aliphatic heterocycles. The van der Waals surface area contributed by atoms with Crippen molar-refractivity contribution in [3.63, 3.8) is 0 Å². The summed E-state index contributed by atoms with van der Waals surface area (Å²) in [4.78, 5) is 0. The first-order valence-corrected chi connectivity index (χ1v) is 3.80. The predicted molar refractivity (Wildman–Crippen MR) is 49.3 cm³/mol. The van der Waals surface area contributed by atoms with Gasteiger partial charge in [0.05, 0.1) is 0 Å². The number of hydrogen-bond donors (Lipinski definition) is 2. The highest BCUT2D eigenvalue weighted by molar-refractivity contribution is 5.23. The van der Waals surface area contributed by atoms with E-state index in [9.17, 15) is 0 Å². The Morgan fingerprint density at radius 1 is 1.55 bits per heavy atom. The molecule has 0 aromatic rings. The molecule has 0 saturated heterocycles. The van der Waals surface area contributed by atoms with Gasteiger partial charge in [0.25, 0.3) is 0 Å². The Balaban J connectivity index is 3.90. The molecule has 0 atom stereocenters. The van der Waals surface area contributed by atoms with Gasteiger partial charge in [-0.15, -0.1) is 0 Å². The van der Waals surface area contributed by atoms with E-state index in [4.69, 9.17) is 5.73 Å². The van der Waals surface area contributed by atoms with Gasteiger partial charge in [0.2, 0.25) is 0 Å². The normalized spacial score (nSPS) is 9.00. The summed E-state index contributed by atoms with van der Waals surface area (Å²) in [6.07, 6.45) is 1.95. The van der Waals surface area contributed by atoms with Crippen LogP contribution in [-0.4, -0.2) is 13.3 Å². The van der Waals surface area contributed by atoms with Gasteiger partial charge in [-0.1, -0.05) is 5.57 Å². The standard InChI is InChI=1S/C8H17N3/c1-7(2)8(11-10-3)5-4-6-9/h11H,3-6,9H2,1-2H3. The lowest BCUT2D eigenvalue weighted by Crippen LogP contribution is -2.09. The summed E-state index contributed by atoms with van der Waals surface area (Å²) in [6, 6.07) is 0. The number of nitrogens with two attached hydrogens (primary N) is 1. The monoisotopic (exact) mass is 155 g/mol. The molecule has 0 rings (SSSR count). The summed E-state index contributed by atoms with van der Waals surface area (Å²) in [5, 5.41) is 3.61. The van der Waals surface area contributed by atoms with E-state index in [1.165, 1.54) is 5.57 Å². The molecule has 0 aliphatic rings. The second kappa shape index (κ2) is 5.92. The highest BCUT2D eigenvalue weighted by Gasteiger charge is 1.95. The molecule has 0 aliphatic carbocycles. The van der Waals surface area contributed by atoms with Crippen molar-refractivity contribution in [2.75, 3.05) is 6.54 Å². The SMILES string of the molecule is C=NNC(CCCN)=C(C)C. The van der Waals surface area contributed by atoms with Gasteiger partial charge in [0.1, 0.15) is 0 Å². The van der Waals surface area contributed by atoms with E-state index in [0.29, 0.717) is 0 Å². The topological polar surface area (TPSA) is 50.4 Å². The Morgan fingerprint density at radius 2 is 2.18 bits per heavy atom. The van der Waals surface area contributed by atoms with Crippen molar-refractivity contribution in [2.45, 2.75) is 26.7 Å². The van der Waals surface area contributed by atoms with Gasteiger partial charge in [-0.3, -0.25) is 5.43 Å². The van der Waals surface area contributed by atoms with E-state index in [1.807, 2.05) is 13.8 Å². The summed E-state index contributed by atoms with van der Waals surface area (Å²) < 4.78 is 0. The van der Waals surface area contributed by atoms with Gasteiger partial charge in [0.15, 0.2) is 0 Å². The maximum Gasteiger partial charge on any atom is 0.0322 e. The highest BCUT2D eigenvalue weighted by Crippen LogP contribution is 2.06. The average Bonchev–Trinajstić information content (AvgIpc) is 1.97. The molecule has 0 aromatic heterocycles. The minimum Gasteiger partial charge on any atom is -0.330 e. The first-order valence-electron chi connectivity index (χ1n) is 3.80. The van der Waals surface area contributed by atoms with Crippen LogP contribution in [0.2, 0.25) is 0 Å². The van der Waals surface area contributed by atoms with Gasteiger partial charge in [0, 0.05) is 12.4 Å². The second-order valence-electron chi connectivity index (χ2n) is 2.64. The van der Waals surface area contributed by atoms with Crippen molar-refractivity contribution in [3.05, 3.63) is 11.3 Å². The number of allylic oxidation sites excluding steroid dienone is 2. The second-order valence-corrected chi connectivity index (χ2v) is 2.64. The molecular formula is C8H17N3. The average molecular weight is 155 g/mol. The van der Waals surface area contributed by atoms with Crippen LogP contribution in [0.15, 0.2) is 16.4 Å². The van der Waals surface area contributed by atoms with Gasteiger partial charge in [-0.05, 0) is 33.2 Å². The Kier molecular flexibility index (Phi) is 5.47. The van der Waals surface area contributed by atoms with Crippen LogP contribution < -0.4 is 11.2 Å². The molecule has 64 valence electrons. The zero-order valence-electron chi connectivity index (χ0n) is 7.35. The Bertz CT molecular complexity index is 145. The van der Waals surface area contributed by atoms with Crippen LogP contribution in [0.1, 0.15) is 26.7 Å². The largest absolute Gasteiger partial charge is 0.330 e. The summed E-state index contributed by atoms with van der Waals surface area (Å²) in [5.41, 5.74) is 10.6. The van der Waals surface area contributed by atoms with Crippen LogP contribution in [-0.2, 0) is 0 Å². The van der Waals surface area contributed by atoms with Crippen LogP contribution >= 0.6 is 0 Å². The first-order chi connectivity index (χ1) is 5.22. The van der Waals surface area contributed by atoms with Crippen LogP contribution in [0, 0.1) is 0 Å². The highest BCUT2D eigenvalue weighted by atomic mass is 15.3. The molecule has 0 aromatic carbocycles. The van der Waals surface area contributed by atoms with E-state index < -0.39 is 0 Å². The molecule has 0 fully saturated rings. The zero-order valence-corrected chi connectivity index (χ0v) is 7.35. The third-order valence-corrected chi connectivity index (χ3v) is 1.45. The molecule has 0 amide bonds. The van der Waals surface area contributed by atoms with Crippen molar-refractivity contribution < 1.29 is 0 Å². The van der Waals surface area contributed by atoms with Crippen molar-refractivity contribution >= 4 is 6.72 Å². The lowest BCUT2D eigenvalue weighted by Gasteiger charge is -2.07. The van der Waals surface area contributed by atoms with E-state index in [-0.39, 0.29) is 0 Å². The summed E-state index contributed by atoms with van der Waals surface area (Å²) in [5.74, 6) is 0. The minimum atomic E-state index is 0.718. The van der Waals surface area contributed by atoms with Gasteiger partial charge < -0.3 is 5.73 Å². The Labute approximate surface area is 68.4 Å². The molecular weight excluding hydrogens is 138 g/mol. The minimum absolute atomic E-state index is 0.718. The Morgan fingerprint density at radius 3 is 2.55 bits per heavy atom. The van der Waals surface area contributed by atoms with Crippen molar-refractivity contribution in [3.8, 4) is 0 Å². The number of rotatable bonds is 5. The molecule has 0 unspecified atom stereocenters. The van der Waals surface area contributed by atoms with Gasteiger partial charge >= 0.3 is 0 Å². The molecule has 0 bridgehead atoms. The maximum atomic E-state index is 5.38. The van der Waals surface area contributed by atoms with Crippen molar-refractivity contribution in [2.24, 2.45) is 10.8 Å². The zero-order chi connectivity index (χ0) is 8.69. The lowest BCUT2D eigenvalue weighted by atomic mass is 10.1. The Hall–Kier alpha value is -0.830. The van der Waals surface area contributed by atoms with Crippen LogP contribution in [0.5, 0.6) is 0 Å². The maximum absolute atomic E-state index is 5.38. The van der Waals surface area contributed by atoms with Gasteiger partial charge in [-0.25, -0.2) is 0 Å². The molecule has 11 heavy (non-hydrogen) atoms. The number of hydrogen-bond acceptors (Lipinski definition) is 3. The third-order valence-electron chi connectivity index (χ3n) is 1.45. The third kappa shape index (κ3) is 4.56. The summed E-state index contributed by atoms with van der Waals surface area (Å²) >= 11 is 0. The molecule has 0 heterocycles. The summed E-state index contributed by atoms with van der Waals surface area (Å²) in [6.45, 7) is 8.17. The number of hydrazone groups is 1. The summed E-state index contributed by atoms with van der Waals surface area (Å²) in [7, 11) is 0. The fourth-order valence-corrected chi connectivity index (χ4v) is 0.792. The molecule has 0 radical (unpaired) electrons. The van der Waals surface area contributed by atoms with Crippen molar-refractivity contribution in [1.82, 2.24) is 5.43 Å². The fraction of sp³-hybridized carbons (Fsp3) is 0.625. The predicted octanol–water partition coefficient (Wildman–Crippen LogP) is 1.22. The van der Waals surface area contributed by atoms with Crippen LogP contribution in [0.4, 0.5) is 0 Å². The molecule has 3 nitrogen and oxygen atoms in total. The molecule has 0 spiro atoms. The number of nitrogens with one attached hydrogen (secondary N) is 1.